The Morgan fingerprint density at radius 3 is 2.04 bits per heavy atom. The van der Waals surface area contributed by atoms with E-state index in [0.717, 1.165) is 28.8 Å². The molecule has 7 nitrogen and oxygen atoms in total. The maximum atomic E-state index is 14.5. The summed E-state index contributed by atoms with van der Waals surface area (Å²) < 4.78 is 70.8. The summed E-state index contributed by atoms with van der Waals surface area (Å²) in [5.74, 6) is -1.23. The molecule has 0 heterocycles. The summed E-state index contributed by atoms with van der Waals surface area (Å²) in [6.45, 7) is 4.92. The largest absolute Gasteiger partial charge is 0.417 e. The highest BCUT2D eigenvalue weighted by atomic mass is 35.5. The highest BCUT2D eigenvalue weighted by Gasteiger charge is 2.37. The molecule has 48 heavy (non-hydrogen) atoms. The van der Waals surface area contributed by atoms with Gasteiger partial charge < -0.3 is 10.2 Å². The van der Waals surface area contributed by atoms with Crippen LogP contribution in [-0.4, -0.2) is 44.3 Å². The van der Waals surface area contributed by atoms with Crippen LogP contribution in [0.4, 0.5) is 18.9 Å². The van der Waals surface area contributed by atoms with Gasteiger partial charge in [0.15, 0.2) is 0 Å². The van der Waals surface area contributed by atoms with Gasteiger partial charge in [-0.2, -0.15) is 13.2 Å². The number of hydrogen-bond donors (Lipinski definition) is 1. The number of alkyl halides is 3. The van der Waals surface area contributed by atoms with Crippen molar-refractivity contribution in [2.45, 2.75) is 57.3 Å². The molecule has 0 spiro atoms. The first kappa shape index (κ1) is 36.5. The fourth-order valence-corrected chi connectivity index (χ4v) is 6.69. The van der Waals surface area contributed by atoms with Crippen LogP contribution in [-0.2, 0) is 38.8 Å². The van der Waals surface area contributed by atoms with Crippen molar-refractivity contribution in [1.82, 2.24) is 10.2 Å². The van der Waals surface area contributed by atoms with E-state index in [2.05, 4.69) is 5.32 Å². The molecule has 12 heteroatoms. The maximum absolute atomic E-state index is 14.5. The van der Waals surface area contributed by atoms with Crippen LogP contribution in [0.3, 0.4) is 0 Å². The van der Waals surface area contributed by atoms with E-state index in [9.17, 15) is 31.2 Å². The van der Waals surface area contributed by atoms with E-state index in [0.29, 0.717) is 28.9 Å². The third kappa shape index (κ3) is 9.17. The lowest BCUT2D eigenvalue weighted by Crippen LogP contribution is -2.53. The minimum absolute atomic E-state index is 0.0665. The Bertz CT molecular complexity index is 1820. The molecule has 4 rings (SSSR count). The van der Waals surface area contributed by atoms with Crippen LogP contribution < -0.4 is 9.62 Å². The summed E-state index contributed by atoms with van der Waals surface area (Å²) in [7, 11) is -4.60. The Morgan fingerprint density at radius 1 is 0.854 bits per heavy atom. The number of nitrogens with zero attached hydrogens (tertiary/aromatic N) is 2. The Hall–Kier alpha value is -4.35. The van der Waals surface area contributed by atoms with Gasteiger partial charge in [-0.1, -0.05) is 96.4 Å². The van der Waals surface area contributed by atoms with Crippen molar-refractivity contribution in [3.63, 3.8) is 0 Å². The number of halogens is 4. The second-order valence-electron chi connectivity index (χ2n) is 11.5. The molecular weight excluding hydrogens is 663 g/mol. The molecule has 0 aliphatic heterocycles. The summed E-state index contributed by atoms with van der Waals surface area (Å²) >= 11 is 5.88. The van der Waals surface area contributed by atoms with Crippen molar-refractivity contribution in [1.29, 1.82) is 0 Å². The molecule has 4 aromatic carbocycles. The van der Waals surface area contributed by atoms with Crippen LogP contribution in [0.25, 0.3) is 0 Å². The van der Waals surface area contributed by atoms with E-state index in [-0.39, 0.29) is 17.9 Å². The average molecular weight is 700 g/mol. The molecule has 0 aliphatic rings. The Labute approximate surface area is 284 Å². The second-order valence-corrected chi connectivity index (χ2v) is 13.8. The van der Waals surface area contributed by atoms with Crippen LogP contribution in [0.1, 0.15) is 41.2 Å². The van der Waals surface area contributed by atoms with Gasteiger partial charge in [0.05, 0.1) is 21.2 Å². The second kappa shape index (κ2) is 15.7. The average Bonchev–Trinajstić information content (AvgIpc) is 3.05. The van der Waals surface area contributed by atoms with Crippen molar-refractivity contribution < 1.29 is 31.2 Å². The van der Waals surface area contributed by atoms with Crippen LogP contribution >= 0.6 is 11.6 Å². The van der Waals surface area contributed by atoms with E-state index in [1.807, 2.05) is 44.2 Å². The topological polar surface area (TPSA) is 86.8 Å². The van der Waals surface area contributed by atoms with Crippen LogP contribution in [0.2, 0.25) is 5.02 Å². The predicted molar refractivity (Wildman–Crippen MR) is 181 cm³/mol. The van der Waals surface area contributed by atoms with E-state index in [1.54, 1.807) is 43.3 Å². The van der Waals surface area contributed by atoms with Crippen molar-refractivity contribution in [3.05, 3.63) is 130 Å². The van der Waals surface area contributed by atoms with E-state index < -0.39 is 56.9 Å². The molecule has 0 radical (unpaired) electrons. The zero-order valence-electron chi connectivity index (χ0n) is 26.8. The summed E-state index contributed by atoms with van der Waals surface area (Å²) in [5, 5.41) is 2.23. The molecule has 0 fully saturated rings. The van der Waals surface area contributed by atoms with E-state index in [4.69, 9.17) is 11.6 Å². The predicted octanol–water partition coefficient (Wildman–Crippen LogP) is 7.34. The molecule has 0 aliphatic carbocycles. The molecule has 1 N–H and O–H groups in total. The van der Waals surface area contributed by atoms with Gasteiger partial charge in [0.25, 0.3) is 10.0 Å². The molecule has 1 atom stereocenters. The molecule has 254 valence electrons. The SMILES string of the molecule is CCCNC(=O)[C@H](Cc1ccccc1)N(Cc1ccc(C)cc1)C(=O)CN(c1ccc(Cl)c(C(F)(F)F)c1)S(=O)(=O)c1ccc(C)cc1. The summed E-state index contributed by atoms with van der Waals surface area (Å²) in [6, 6.07) is 23.7. The minimum atomic E-state index is -4.90. The quantitative estimate of drug-likeness (QED) is 0.158. The molecular formula is C36H37ClF3N3O4S. The first-order valence-electron chi connectivity index (χ1n) is 15.3. The minimum Gasteiger partial charge on any atom is -0.354 e. The fourth-order valence-electron chi connectivity index (χ4n) is 5.06. The third-order valence-electron chi connectivity index (χ3n) is 7.73. The molecule has 0 bridgehead atoms. The summed E-state index contributed by atoms with van der Waals surface area (Å²) in [4.78, 5) is 29.3. The number of amides is 2. The van der Waals surface area contributed by atoms with Gasteiger partial charge in [0.1, 0.15) is 12.6 Å². The number of aryl methyl sites for hydroxylation is 2. The van der Waals surface area contributed by atoms with Gasteiger partial charge in [-0.25, -0.2) is 8.42 Å². The zero-order chi connectivity index (χ0) is 35.1. The molecule has 0 saturated carbocycles. The number of carbonyl (C=O) groups is 2. The van der Waals surface area contributed by atoms with Crippen LogP contribution in [0, 0.1) is 13.8 Å². The van der Waals surface area contributed by atoms with Crippen LogP contribution in [0.5, 0.6) is 0 Å². The van der Waals surface area contributed by atoms with Crippen LogP contribution in [0.15, 0.2) is 102 Å². The smallest absolute Gasteiger partial charge is 0.354 e. The van der Waals surface area contributed by atoms with Gasteiger partial charge in [0.2, 0.25) is 11.8 Å². The number of rotatable bonds is 13. The first-order chi connectivity index (χ1) is 22.7. The number of benzene rings is 4. The van der Waals surface area contributed by atoms with Gasteiger partial charge in [-0.3, -0.25) is 13.9 Å². The van der Waals surface area contributed by atoms with Gasteiger partial charge in [-0.05, 0) is 61.7 Å². The molecule has 0 aromatic heterocycles. The number of hydrogen-bond acceptors (Lipinski definition) is 4. The number of sulfonamides is 1. The lowest BCUT2D eigenvalue weighted by Gasteiger charge is -2.34. The van der Waals surface area contributed by atoms with Gasteiger partial charge in [-0.15, -0.1) is 0 Å². The number of carbonyl (C=O) groups excluding carboxylic acids is 2. The lowest BCUT2D eigenvalue weighted by molar-refractivity contribution is -0.140. The summed E-state index contributed by atoms with van der Waals surface area (Å²) in [5.41, 5.74) is 1.49. The van der Waals surface area contributed by atoms with E-state index >= 15 is 0 Å². The zero-order valence-corrected chi connectivity index (χ0v) is 28.4. The fraction of sp³-hybridized carbons (Fsp3) is 0.278. The van der Waals surface area contributed by atoms with Crippen molar-refractivity contribution >= 4 is 39.1 Å². The Morgan fingerprint density at radius 2 is 1.46 bits per heavy atom. The molecule has 2 amide bonds. The standard InChI is InChI=1S/C36H37ClF3N3O4S/c1-4-20-41-35(45)33(21-27-8-6-5-7-9-27)42(23-28-14-10-25(2)11-15-28)34(44)24-43(48(46,47)30-17-12-26(3)13-18-30)29-16-19-32(37)31(22-29)36(38,39)40/h5-19,22,33H,4,20-21,23-24H2,1-3H3,(H,41,45)/t33-/m0/s1. The number of nitrogens with one attached hydrogen (secondary N) is 1. The van der Waals surface area contributed by atoms with Crippen molar-refractivity contribution in [2.75, 3.05) is 17.4 Å². The first-order valence-corrected chi connectivity index (χ1v) is 17.1. The monoisotopic (exact) mass is 699 g/mol. The van der Waals surface area contributed by atoms with E-state index in [1.165, 1.54) is 17.0 Å². The van der Waals surface area contributed by atoms with Gasteiger partial charge >= 0.3 is 6.18 Å². The highest BCUT2D eigenvalue weighted by molar-refractivity contribution is 7.92. The summed E-state index contributed by atoms with van der Waals surface area (Å²) in [6.07, 6.45) is -4.15. The Kier molecular flexibility index (Phi) is 11.9. The Balaban J connectivity index is 1.85. The maximum Gasteiger partial charge on any atom is 0.417 e. The lowest BCUT2D eigenvalue weighted by atomic mass is 10.0. The molecule has 4 aromatic rings. The molecule has 0 unspecified atom stereocenters. The third-order valence-corrected chi connectivity index (χ3v) is 9.84. The highest BCUT2D eigenvalue weighted by Crippen LogP contribution is 2.38. The van der Waals surface area contributed by atoms with Crippen molar-refractivity contribution in [2.24, 2.45) is 0 Å². The van der Waals surface area contributed by atoms with Crippen molar-refractivity contribution in [3.8, 4) is 0 Å². The van der Waals surface area contributed by atoms with Gasteiger partial charge in [0, 0.05) is 19.5 Å². The normalized spacial score (nSPS) is 12.3. The molecule has 0 saturated heterocycles. The number of anilines is 1.